The Morgan fingerprint density at radius 2 is 1.79 bits per heavy atom. The van der Waals surface area contributed by atoms with Crippen molar-refractivity contribution in [2.24, 2.45) is 0 Å². The van der Waals surface area contributed by atoms with Crippen molar-refractivity contribution in [2.45, 2.75) is 18.2 Å². The molecule has 1 N–H and O–H groups in total. The standard InChI is InChI=1S/C23H21N5O5S/c1-16-25-22(28-10-9-24-15-28)14-23(26-16)33-18-5-3-17(4-6-18)27-34(29,30)19-7-8-20-21(13-19)32-12-2-11-31-20/h3-10,13-15,27H,2,11-12H2,1H3. The maximum atomic E-state index is 12.9. The van der Waals surface area contributed by atoms with E-state index >= 15 is 0 Å². The Balaban J connectivity index is 1.31. The lowest BCUT2D eigenvalue weighted by molar-refractivity contribution is 0.297. The summed E-state index contributed by atoms with van der Waals surface area (Å²) in [5.74, 6) is 2.97. The summed E-state index contributed by atoms with van der Waals surface area (Å²) in [7, 11) is -3.82. The predicted molar refractivity (Wildman–Crippen MR) is 123 cm³/mol. The molecular weight excluding hydrogens is 458 g/mol. The average Bonchev–Trinajstić information content (AvgIpc) is 3.25. The summed E-state index contributed by atoms with van der Waals surface area (Å²) >= 11 is 0. The minimum Gasteiger partial charge on any atom is -0.490 e. The summed E-state index contributed by atoms with van der Waals surface area (Å²) in [6.07, 6.45) is 5.80. The van der Waals surface area contributed by atoms with E-state index in [0.29, 0.717) is 53.7 Å². The van der Waals surface area contributed by atoms with Gasteiger partial charge in [0, 0.05) is 36.6 Å². The average molecular weight is 480 g/mol. The fourth-order valence-corrected chi connectivity index (χ4v) is 4.41. The first-order valence-corrected chi connectivity index (χ1v) is 12.0. The van der Waals surface area contributed by atoms with Gasteiger partial charge in [0.15, 0.2) is 11.5 Å². The monoisotopic (exact) mass is 479 g/mol. The van der Waals surface area contributed by atoms with Crippen LogP contribution in [0.25, 0.3) is 5.82 Å². The van der Waals surface area contributed by atoms with Crippen LogP contribution in [0.4, 0.5) is 5.69 Å². The van der Waals surface area contributed by atoms with Gasteiger partial charge in [0.05, 0.1) is 18.1 Å². The van der Waals surface area contributed by atoms with Crippen molar-refractivity contribution in [3.05, 3.63) is 73.1 Å². The van der Waals surface area contributed by atoms with Gasteiger partial charge in [-0.15, -0.1) is 0 Å². The highest BCUT2D eigenvalue weighted by atomic mass is 32.2. The molecule has 0 atom stereocenters. The molecule has 11 heteroatoms. The van der Waals surface area contributed by atoms with Gasteiger partial charge >= 0.3 is 0 Å². The topological polar surface area (TPSA) is 117 Å². The van der Waals surface area contributed by atoms with Crippen LogP contribution in [0.1, 0.15) is 12.2 Å². The molecule has 5 rings (SSSR count). The molecule has 0 bridgehead atoms. The number of nitrogens with one attached hydrogen (secondary N) is 1. The Bertz CT molecular complexity index is 1410. The summed E-state index contributed by atoms with van der Waals surface area (Å²) in [6.45, 7) is 2.77. The second-order valence-electron chi connectivity index (χ2n) is 7.47. The zero-order chi connectivity index (χ0) is 23.5. The smallest absolute Gasteiger partial charge is 0.262 e. The minimum absolute atomic E-state index is 0.0839. The highest BCUT2D eigenvalue weighted by Gasteiger charge is 2.19. The summed E-state index contributed by atoms with van der Waals surface area (Å²) in [5.41, 5.74) is 0.387. The van der Waals surface area contributed by atoms with Crippen molar-refractivity contribution in [3.8, 4) is 28.9 Å². The van der Waals surface area contributed by atoms with Gasteiger partial charge in [-0.2, -0.15) is 4.98 Å². The molecule has 0 spiro atoms. The van der Waals surface area contributed by atoms with Crippen molar-refractivity contribution < 1.29 is 22.6 Å². The number of aryl methyl sites for hydroxylation is 1. The maximum Gasteiger partial charge on any atom is 0.262 e. The molecule has 0 saturated heterocycles. The predicted octanol–water partition coefficient (Wildman–Crippen LogP) is 3.73. The molecule has 0 unspecified atom stereocenters. The molecule has 174 valence electrons. The molecule has 0 amide bonds. The minimum atomic E-state index is -3.82. The lowest BCUT2D eigenvalue weighted by atomic mass is 10.3. The number of anilines is 1. The first-order valence-electron chi connectivity index (χ1n) is 10.5. The van der Waals surface area contributed by atoms with Crippen LogP contribution in [-0.2, 0) is 10.0 Å². The van der Waals surface area contributed by atoms with Crippen molar-refractivity contribution in [2.75, 3.05) is 17.9 Å². The van der Waals surface area contributed by atoms with Crippen LogP contribution >= 0.6 is 0 Å². The van der Waals surface area contributed by atoms with Crippen molar-refractivity contribution in [1.29, 1.82) is 0 Å². The number of imidazole rings is 1. The molecule has 2 aromatic carbocycles. The Morgan fingerprint density at radius 3 is 2.56 bits per heavy atom. The van der Waals surface area contributed by atoms with Crippen LogP contribution < -0.4 is 18.9 Å². The van der Waals surface area contributed by atoms with Crippen molar-refractivity contribution in [1.82, 2.24) is 19.5 Å². The van der Waals surface area contributed by atoms with E-state index in [2.05, 4.69) is 19.7 Å². The van der Waals surface area contributed by atoms with Crippen LogP contribution in [0, 0.1) is 6.92 Å². The molecule has 34 heavy (non-hydrogen) atoms. The van der Waals surface area contributed by atoms with E-state index in [0.717, 1.165) is 6.42 Å². The highest BCUT2D eigenvalue weighted by molar-refractivity contribution is 7.92. The molecule has 0 aliphatic carbocycles. The summed E-state index contributed by atoms with van der Waals surface area (Å²) < 4.78 is 47.1. The van der Waals surface area contributed by atoms with Gasteiger partial charge in [-0.05, 0) is 43.3 Å². The molecule has 3 heterocycles. The van der Waals surface area contributed by atoms with Gasteiger partial charge < -0.3 is 14.2 Å². The number of ether oxygens (including phenoxy) is 3. The Hall–Kier alpha value is -4.12. The van der Waals surface area contributed by atoms with Crippen molar-refractivity contribution >= 4 is 15.7 Å². The normalized spacial score (nSPS) is 13.2. The van der Waals surface area contributed by atoms with Gasteiger partial charge in [-0.1, -0.05) is 0 Å². The SMILES string of the molecule is Cc1nc(Oc2ccc(NS(=O)(=O)c3ccc4c(c3)OCCCO4)cc2)cc(-n2ccnc2)n1. The number of aromatic nitrogens is 4. The zero-order valence-corrected chi connectivity index (χ0v) is 19.0. The Kier molecular flexibility index (Phi) is 5.76. The van der Waals surface area contributed by atoms with Crippen LogP contribution in [0.15, 0.2) is 72.1 Å². The van der Waals surface area contributed by atoms with Crippen LogP contribution in [-0.4, -0.2) is 41.2 Å². The second kappa shape index (κ2) is 9.02. The molecule has 4 aromatic rings. The second-order valence-corrected chi connectivity index (χ2v) is 9.15. The van der Waals surface area contributed by atoms with Crippen molar-refractivity contribution in [3.63, 3.8) is 0 Å². The quantitative estimate of drug-likeness (QED) is 0.445. The number of benzene rings is 2. The molecular formula is C23H21N5O5S. The molecule has 1 aliphatic heterocycles. The summed E-state index contributed by atoms with van der Waals surface area (Å²) in [4.78, 5) is 12.8. The number of hydrogen-bond donors (Lipinski definition) is 1. The fraction of sp³-hybridized carbons (Fsp3) is 0.174. The van der Waals surface area contributed by atoms with E-state index in [1.165, 1.54) is 12.1 Å². The lowest BCUT2D eigenvalue weighted by Crippen LogP contribution is -2.13. The van der Waals surface area contributed by atoms with Crippen LogP contribution in [0.2, 0.25) is 0 Å². The number of hydrogen-bond acceptors (Lipinski definition) is 8. The van der Waals surface area contributed by atoms with Gasteiger partial charge in [0.2, 0.25) is 5.88 Å². The number of fused-ring (bicyclic) bond motifs is 1. The highest BCUT2D eigenvalue weighted by Crippen LogP contribution is 2.32. The Morgan fingerprint density at radius 1 is 1.00 bits per heavy atom. The molecule has 0 saturated carbocycles. The van der Waals surface area contributed by atoms with Gasteiger partial charge in [-0.3, -0.25) is 9.29 Å². The maximum absolute atomic E-state index is 12.9. The van der Waals surface area contributed by atoms with Crippen LogP contribution in [0.3, 0.4) is 0 Å². The summed E-state index contributed by atoms with van der Waals surface area (Å²) in [6, 6.07) is 12.8. The van der Waals surface area contributed by atoms with Gasteiger partial charge in [-0.25, -0.2) is 18.4 Å². The summed E-state index contributed by atoms with van der Waals surface area (Å²) in [5, 5.41) is 0. The third kappa shape index (κ3) is 4.79. The first kappa shape index (κ1) is 21.7. The van der Waals surface area contributed by atoms with E-state index in [-0.39, 0.29) is 4.90 Å². The third-order valence-corrected chi connectivity index (χ3v) is 6.31. The van der Waals surface area contributed by atoms with E-state index in [9.17, 15) is 8.42 Å². The molecule has 0 fully saturated rings. The largest absolute Gasteiger partial charge is 0.490 e. The first-order chi connectivity index (χ1) is 16.5. The number of nitrogens with zero attached hydrogens (tertiary/aromatic N) is 4. The van der Waals surface area contributed by atoms with E-state index in [1.807, 2.05) is 0 Å². The third-order valence-electron chi connectivity index (χ3n) is 4.93. The molecule has 1 aliphatic rings. The van der Waals surface area contributed by atoms with Gasteiger partial charge in [0.1, 0.15) is 23.7 Å². The molecule has 0 radical (unpaired) electrons. The molecule has 10 nitrogen and oxygen atoms in total. The van der Waals surface area contributed by atoms with Gasteiger partial charge in [0.25, 0.3) is 10.0 Å². The zero-order valence-electron chi connectivity index (χ0n) is 18.2. The molecule has 2 aromatic heterocycles. The number of sulfonamides is 1. The number of rotatable bonds is 6. The van der Waals surface area contributed by atoms with E-state index in [1.54, 1.807) is 66.6 Å². The van der Waals surface area contributed by atoms with E-state index < -0.39 is 10.0 Å². The van der Waals surface area contributed by atoms with E-state index in [4.69, 9.17) is 14.2 Å². The Labute approximate surface area is 196 Å². The fourth-order valence-electron chi connectivity index (χ4n) is 3.34. The lowest BCUT2D eigenvalue weighted by Gasteiger charge is -2.12. The van der Waals surface area contributed by atoms with Crippen LogP contribution in [0.5, 0.6) is 23.1 Å².